The summed E-state index contributed by atoms with van der Waals surface area (Å²) in [5.74, 6) is -1.12. The van der Waals surface area contributed by atoms with Gasteiger partial charge >= 0.3 is 12.1 Å². The SMILES string of the molecule is O=C(O)C1CCC(CC(=O)N2CCc3c(C(F)(F)F)nn(Cc4cccnc4)c3C2)CC1. The van der Waals surface area contributed by atoms with Gasteiger partial charge in [-0.2, -0.15) is 18.3 Å². The molecule has 172 valence electrons. The van der Waals surface area contributed by atoms with E-state index in [2.05, 4.69) is 10.1 Å². The average molecular weight is 450 g/mol. The molecule has 3 heterocycles. The zero-order chi connectivity index (χ0) is 22.9. The van der Waals surface area contributed by atoms with Gasteiger partial charge in [0, 0.05) is 30.9 Å². The number of aromatic nitrogens is 3. The molecule has 32 heavy (non-hydrogen) atoms. The van der Waals surface area contributed by atoms with E-state index in [0.717, 1.165) is 5.56 Å². The first-order valence-corrected chi connectivity index (χ1v) is 10.8. The maximum Gasteiger partial charge on any atom is 0.435 e. The smallest absolute Gasteiger partial charge is 0.435 e. The van der Waals surface area contributed by atoms with Crippen molar-refractivity contribution in [1.29, 1.82) is 0 Å². The largest absolute Gasteiger partial charge is 0.481 e. The predicted molar refractivity (Wildman–Crippen MR) is 107 cm³/mol. The normalized spacial score (nSPS) is 21.3. The highest BCUT2D eigenvalue weighted by Gasteiger charge is 2.41. The molecule has 1 saturated carbocycles. The lowest BCUT2D eigenvalue weighted by Gasteiger charge is -2.31. The number of halogens is 3. The van der Waals surface area contributed by atoms with E-state index in [1.807, 2.05) is 0 Å². The van der Waals surface area contributed by atoms with Crippen LogP contribution in [0.1, 0.15) is 54.6 Å². The maximum atomic E-state index is 13.6. The first-order valence-electron chi connectivity index (χ1n) is 10.8. The van der Waals surface area contributed by atoms with Gasteiger partial charge in [-0.05, 0) is 49.7 Å². The van der Waals surface area contributed by atoms with Gasteiger partial charge in [0.1, 0.15) is 0 Å². The predicted octanol–water partition coefficient (Wildman–Crippen LogP) is 3.51. The second kappa shape index (κ2) is 8.91. The van der Waals surface area contributed by atoms with Crippen molar-refractivity contribution in [3.63, 3.8) is 0 Å². The number of carbonyl (C=O) groups is 2. The molecule has 4 rings (SSSR count). The Kier molecular flexibility index (Phi) is 6.21. The minimum Gasteiger partial charge on any atom is -0.481 e. The fraction of sp³-hybridized carbons (Fsp3) is 0.545. The fourth-order valence-electron chi connectivity index (χ4n) is 4.71. The molecule has 0 bridgehead atoms. The topological polar surface area (TPSA) is 88.3 Å². The lowest BCUT2D eigenvalue weighted by molar-refractivity contribution is -0.143. The molecule has 0 saturated heterocycles. The Morgan fingerprint density at radius 3 is 2.56 bits per heavy atom. The van der Waals surface area contributed by atoms with Crippen molar-refractivity contribution in [2.75, 3.05) is 6.54 Å². The fourth-order valence-corrected chi connectivity index (χ4v) is 4.71. The second-order valence-corrected chi connectivity index (χ2v) is 8.62. The van der Waals surface area contributed by atoms with E-state index in [1.165, 1.54) is 4.68 Å². The first kappa shape index (κ1) is 22.3. The van der Waals surface area contributed by atoms with Crippen LogP contribution in [-0.4, -0.2) is 43.2 Å². The Balaban J connectivity index is 1.49. The summed E-state index contributed by atoms with van der Waals surface area (Å²) in [5.41, 5.74) is 0.420. The van der Waals surface area contributed by atoms with Crippen LogP contribution in [0.5, 0.6) is 0 Å². The summed E-state index contributed by atoms with van der Waals surface area (Å²) in [6.45, 7) is 0.452. The highest BCUT2D eigenvalue weighted by Crippen LogP contribution is 2.36. The van der Waals surface area contributed by atoms with Gasteiger partial charge in [0.25, 0.3) is 0 Å². The molecule has 2 aliphatic rings. The van der Waals surface area contributed by atoms with E-state index in [-0.39, 0.29) is 49.4 Å². The van der Waals surface area contributed by atoms with Gasteiger partial charge in [0.15, 0.2) is 5.69 Å². The zero-order valence-corrected chi connectivity index (χ0v) is 17.5. The number of fused-ring (bicyclic) bond motifs is 1. The molecule has 2 aromatic rings. The number of hydrogen-bond acceptors (Lipinski definition) is 4. The Bertz CT molecular complexity index is 982. The van der Waals surface area contributed by atoms with Crippen LogP contribution in [0.2, 0.25) is 0 Å². The van der Waals surface area contributed by atoms with E-state index >= 15 is 0 Å². The molecule has 10 heteroatoms. The van der Waals surface area contributed by atoms with Crippen LogP contribution in [-0.2, 0) is 35.3 Å². The molecule has 0 unspecified atom stereocenters. The number of nitrogens with zero attached hydrogens (tertiary/aromatic N) is 4. The number of aliphatic carboxylic acids is 1. The Labute approximate surface area is 183 Å². The van der Waals surface area contributed by atoms with E-state index in [1.54, 1.807) is 29.4 Å². The number of carboxylic acids is 1. The molecular weight excluding hydrogens is 425 g/mol. The third-order valence-electron chi connectivity index (χ3n) is 6.47. The molecule has 0 spiro atoms. The van der Waals surface area contributed by atoms with E-state index in [9.17, 15) is 22.8 Å². The van der Waals surface area contributed by atoms with Crippen LogP contribution < -0.4 is 0 Å². The van der Waals surface area contributed by atoms with Gasteiger partial charge in [-0.25, -0.2) is 0 Å². The summed E-state index contributed by atoms with van der Waals surface area (Å²) in [7, 11) is 0. The minimum atomic E-state index is -4.56. The average Bonchev–Trinajstić information content (AvgIpc) is 3.13. The quantitative estimate of drug-likeness (QED) is 0.753. The molecule has 1 fully saturated rings. The van der Waals surface area contributed by atoms with Crippen molar-refractivity contribution in [1.82, 2.24) is 19.7 Å². The van der Waals surface area contributed by atoms with Gasteiger partial charge in [-0.1, -0.05) is 6.07 Å². The van der Waals surface area contributed by atoms with Crippen LogP contribution in [0.3, 0.4) is 0 Å². The Hall–Kier alpha value is -2.91. The molecule has 1 aliphatic heterocycles. The lowest BCUT2D eigenvalue weighted by Crippen LogP contribution is -2.38. The van der Waals surface area contributed by atoms with E-state index in [4.69, 9.17) is 5.11 Å². The molecule has 1 aliphatic carbocycles. The van der Waals surface area contributed by atoms with Crippen molar-refractivity contribution in [3.05, 3.63) is 47.0 Å². The maximum absolute atomic E-state index is 13.6. The van der Waals surface area contributed by atoms with Crippen LogP contribution >= 0.6 is 0 Å². The van der Waals surface area contributed by atoms with Gasteiger partial charge in [0.05, 0.1) is 24.7 Å². The Morgan fingerprint density at radius 2 is 1.94 bits per heavy atom. The third-order valence-corrected chi connectivity index (χ3v) is 6.47. The number of hydrogen-bond donors (Lipinski definition) is 1. The summed E-state index contributed by atoms with van der Waals surface area (Å²) >= 11 is 0. The molecular formula is C22H25F3N4O3. The lowest BCUT2D eigenvalue weighted by atomic mass is 9.80. The number of carbonyl (C=O) groups excluding carboxylic acids is 1. The molecule has 7 nitrogen and oxygen atoms in total. The van der Waals surface area contributed by atoms with E-state index < -0.39 is 17.8 Å². The minimum absolute atomic E-state index is 0.0853. The summed E-state index contributed by atoms with van der Waals surface area (Å²) in [4.78, 5) is 29.6. The van der Waals surface area contributed by atoms with Crippen molar-refractivity contribution in [2.24, 2.45) is 11.8 Å². The van der Waals surface area contributed by atoms with Crippen molar-refractivity contribution in [3.8, 4) is 0 Å². The Morgan fingerprint density at radius 1 is 1.19 bits per heavy atom. The van der Waals surface area contributed by atoms with Crippen LogP contribution in [0.25, 0.3) is 0 Å². The van der Waals surface area contributed by atoms with Gasteiger partial charge < -0.3 is 10.0 Å². The highest BCUT2D eigenvalue weighted by atomic mass is 19.4. The number of amides is 1. The number of carboxylic acid groups (broad SMARTS) is 1. The van der Waals surface area contributed by atoms with Gasteiger partial charge in [-0.3, -0.25) is 19.3 Å². The highest BCUT2D eigenvalue weighted by molar-refractivity contribution is 5.77. The van der Waals surface area contributed by atoms with Crippen molar-refractivity contribution >= 4 is 11.9 Å². The van der Waals surface area contributed by atoms with Crippen LogP contribution in [0.15, 0.2) is 24.5 Å². The van der Waals surface area contributed by atoms with Gasteiger partial charge in [-0.15, -0.1) is 0 Å². The summed E-state index contributed by atoms with van der Waals surface area (Å²) in [6, 6.07) is 3.48. The van der Waals surface area contributed by atoms with Crippen LogP contribution in [0, 0.1) is 11.8 Å². The molecule has 0 aromatic carbocycles. The first-order chi connectivity index (χ1) is 15.2. The standard InChI is InChI=1S/C22H25F3N4O3/c23-22(24,25)20-17-7-9-28(19(30)10-14-3-5-16(6-4-14)21(31)32)13-18(17)29(27-20)12-15-2-1-8-26-11-15/h1-2,8,11,14,16H,3-7,9-10,12-13H2,(H,31,32). The number of alkyl halides is 3. The number of pyridine rings is 1. The monoisotopic (exact) mass is 450 g/mol. The summed E-state index contributed by atoms with van der Waals surface area (Å²) in [6.07, 6.45) is 1.50. The van der Waals surface area contributed by atoms with E-state index in [0.29, 0.717) is 37.8 Å². The second-order valence-electron chi connectivity index (χ2n) is 8.62. The summed E-state index contributed by atoms with van der Waals surface area (Å²) < 4.78 is 42.1. The zero-order valence-electron chi connectivity index (χ0n) is 17.5. The summed E-state index contributed by atoms with van der Waals surface area (Å²) in [5, 5.41) is 13.0. The molecule has 0 radical (unpaired) electrons. The molecule has 0 atom stereocenters. The van der Waals surface area contributed by atoms with Gasteiger partial charge in [0.2, 0.25) is 5.91 Å². The molecule has 2 aromatic heterocycles. The van der Waals surface area contributed by atoms with Crippen molar-refractivity contribution < 1.29 is 27.9 Å². The molecule has 1 amide bonds. The van der Waals surface area contributed by atoms with Crippen molar-refractivity contribution in [2.45, 2.75) is 57.8 Å². The number of rotatable bonds is 5. The van der Waals surface area contributed by atoms with Crippen LogP contribution in [0.4, 0.5) is 13.2 Å². The molecule has 1 N–H and O–H groups in total. The third kappa shape index (κ3) is 4.78.